The largest absolute Gasteiger partial charge is 0.313 e. The van der Waals surface area contributed by atoms with E-state index in [4.69, 9.17) is 11.6 Å². The minimum atomic E-state index is 0.367. The molecule has 0 aliphatic heterocycles. The van der Waals surface area contributed by atoms with Crippen molar-refractivity contribution in [2.24, 2.45) is 5.92 Å². The van der Waals surface area contributed by atoms with Gasteiger partial charge in [-0.3, -0.25) is 0 Å². The van der Waals surface area contributed by atoms with Crippen molar-refractivity contribution in [3.63, 3.8) is 0 Å². The smallest absolute Gasteiger partial charge is 0.0456 e. The minimum absolute atomic E-state index is 0.367. The lowest BCUT2D eigenvalue weighted by Crippen LogP contribution is -2.26. The first kappa shape index (κ1) is 16.5. The molecule has 0 aromatic heterocycles. The van der Waals surface area contributed by atoms with Crippen molar-refractivity contribution in [2.75, 3.05) is 7.05 Å². The molecule has 1 N–H and O–H groups in total. The molecule has 0 fully saturated rings. The number of halogens is 1. The van der Waals surface area contributed by atoms with E-state index in [0.717, 1.165) is 5.02 Å². The minimum Gasteiger partial charge on any atom is -0.313 e. The lowest BCUT2D eigenvalue weighted by Gasteiger charge is -2.28. The van der Waals surface area contributed by atoms with Gasteiger partial charge in [-0.1, -0.05) is 44.4 Å². The van der Waals surface area contributed by atoms with Crippen LogP contribution in [0.2, 0.25) is 5.02 Å². The molecule has 1 nitrogen and oxygen atoms in total. The number of hydrogen-bond acceptors (Lipinski definition) is 1. The molecular weight excluding hydrogens is 254 g/mol. The molecule has 0 heterocycles. The van der Waals surface area contributed by atoms with E-state index in [-0.39, 0.29) is 0 Å². The van der Waals surface area contributed by atoms with Gasteiger partial charge in [0.25, 0.3) is 0 Å². The van der Waals surface area contributed by atoms with Gasteiger partial charge in [-0.25, -0.2) is 0 Å². The van der Waals surface area contributed by atoms with E-state index >= 15 is 0 Å². The normalized spacial score (nSPS) is 13.0. The first-order valence-corrected chi connectivity index (χ1v) is 7.86. The van der Waals surface area contributed by atoms with Crippen molar-refractivity contribution >= 4 is 11.6 Å². The van der Waals surface area contributed by atoms with E-state index in [1.54, 1.807) is 0 Å². The summed E-state index contributed by atoms with van der Waals surface area (Å²) in [6.45, 7) is 8.81. The summed E-state index contributed by atoms with van der Waals surface area (Å²) in [7, 11) is 2.05. The van der Waals surface area contributed by atoms with Crippen molar-refractivity contribution in [3.05, 3.63) is 33.8 Å². The second kappa shape index (κ2) is 7.91. The van der Waals surface area contributed by atoms with Crippen LogP contribution in [0.5, 0.6) is 0 Å². The van der Waals surface area contributed by atoms with Crippen LogP contribution in [0.25, 0.3) is 0 Å². The molecule has 1 aromatic carbocycles. The number of benzene rings is 1. The lowest BCUT2D eigenvalue weighted by molar-refractivity contribution is 0.331. The van der Waals surface area contributed by atoms with Gasteiger partial charge in [0.2, 0.25) is 0 Å². The Morgan fingerprint density at radius 2 is 1.58 bits per heavy atom. The van der Waals surface area contributed by atoms with Gasteiger partial charge < -0.3 is 5.32 Å². The molecule has 19 heavy (non-hydrogen) atoms. The van der Waals surface area contributed by atoms with E-state index in [1.807, 2.05) is 0 Å². The molecule has 1 unspecified atom stereocenters. The Bertz CT molecular complexity index is 394. The Balaban J connectivity index is 3.10. The van der Waals surface area contributed by atoms with E-state index in [9.17, 15) is 0 Å². The molecule has 108 valence electrons. The molecule has 1 rings (SSSR count). The summed E-state index contributed by atoms with van der Waals surface area (Å²) in [4.78, 5) is 0. The van der Waals surface area contributed by atoms with E-state index in [1.165, 1.54) is 42.4 Å². The fourth-order valence-electron chi connectivity index (χ4n) is 2.91. The number of aryl methyl sites for hydroxylation is 2. The Morgan fingerprint density at radius 3 is 2.05 bits per heavy atom. The highest BCUT2D eigenvalue weighted by Crippen LogP contribution is 2.34. The average molecular weight is 282 g/mol. The molecule has 0 aliphatic carbocycles. The first-order chi connectivity index (χ1) is 9.04. The number of hydrogen-bond donors (Lipinski definition) is 1. The number of rotatable bonds is 7. The summed E-state index contributed by atoms with van der Waals surface area (Å²) in [5, 5.41) is 4.39. The molecule has 0 spiro atoms. The molecule has 2 heteroatoms. The third-order valence-corrected chi connectivity index (χ3v) is 4.38. The van der Waals surface area contributed by atoms with Gasteiger partial charge in [-0.2, -0.15) is 0 Å². The Hall–Kier alpha value is -0.530. The van der Waals surface area contributed by atoms with Crippen LogP contribution in [0.15, 0.2) is 12.1 Å². The van der Waals surface area contributed by atoms with Crippen molar-refractivity contribution in [1.82, 2.24) is 5.32 Å². The van der Waals surface area contributed by atoms with Gasteiger partial charge in [-0.05, 0) is 62.4 Å². The summed E-state index contributed by atoms with van der Waals surface area (Å²) in [5.74, 6) is 0.666. The molecular formula is C17H28ClN. The zero-order valence-electron chi connectivity index (χ0n) is 13.0. The molecule has 0 radical (unpaired) electrons. The Morgan fingerprint density at radius 1 is 1.05 bits per heavy atom. The quantitative estimate of drug-likeness (QED) is 0.702. The van der Waals surface area contributed by atoms with Crippen LogP contribution in [-0.2, 0) is 0 Å². The SMILES string of the molecule is CCCC(CCC)C(NC)c1cc(C)c(C)cc1Cl. The lowest BCUT2D eigenvalue weighted by atomic mass is 9.85. The summed E-state index contributed by atoms with van der Waals surface area (Å²) in [6.07, 6.45) is 4.96. The molecule has 0 saturated carbocycles. The van der Waals surface area contributed by atoms with Gasteiger partial charge in [-0.15, -0.1) is 0 Å². The fraction of sp³-hybridized carbons (Fsp3) is 0.647. The second-order valence-electron chi connectivity index (χ2n) is 5.56. The average Bonchev–Trinajstić information content (AvgIpc) is 2.37. The maximum absolute atomic E-state index is 6.48. The van der Waals surface area contributed by atoms with Gasteiger partial charge in [0.1, 0.15) is 0 Å². The van der Waals surface area contributed by atoms with Gasteiger partial charge in [0.15, 0.2) is 0 Å². The van der Waals surface area contributed by atoms with Crippen LogP contribution < -0.4 is 5.32 Å². The van der Waals surface area contributed by atoms with Crippen molar-refractivity contribution in [2.45, 2.75) is 59.4 Å². The molecule has 0 bridgehead atoms. The third kappa shape index (κ3) is 4.22. The van der Waals surface area contributed by atoms with Crippen molar-refractivity contribution < 1.29 is 0 Å². The first-order valence-electron chi connectivity index (χ1n) is 7.49. The molecule has 1 atom stereocenters. The monoisotopic (exact) mass is 281 g/mol. The summed E-state index contributed by atoms with van der Waals surface area (Å²) < 4.78 is 0. The van der Waals surface area contributed by atoms with Crippen LogP contribution in [0.4, 0.5) is 0 Å². The van der Waals surface area contributed by atoms with E-state index in [2.05, 4.69) is 52.2 Å². The molecule has 0 saturated heterocycles. The maximum atomic E-state index is 6.48. The summed E-state index contributed by atoms with van der Waals surface area (Å²) in [5.41, 5.74) is 3.86. The Labute approximate surface area is 123 Å². The highest BCUT2D eigenvalue weighted by molar-refractivity contribution is 6.31. The predicted octanol–water partition coefficient (Wildman–Crippen LogP) is 5.43. The van der Waals surface area contributed by atoms with Gasteiger partial charge in [0.05, 0.1) is 0 Å². The highest BCUT2D eigenvalue weighted by atomic mass is 35.5. The van der Waals surface area contributed by atoms with Crippen LogP contribution in [0.1, 0.15) is 62.3 Å². The van der Waals surface area contributed by atoms with Crippen LogP contribution in [0, 0.1) is 19.8 Å². The van der Waals surface area contributed by atoms with Crippen molar-refractivity contribution in [1.29, 1.82) is 0 Å². The maximum Gasteiger partial charge on any atom is 0.0456 e. The highest BCUT2D eigenvalue weighted by Gasteiger charge is 2.22. The van der Waals surface area contributed by atoms with Crippen molar-refractivity contribution in [3.8, 4) is 0 Å². The third-order valence-electron chi connectivity index (χ3n) is 4.05. The zero-order valence-corrected chi connectivity index (χ0v) is 13.8. The van der Waals surface area contributed by atoms with Crippen LogP contribution in [0.3, 0.4) is 0 Å². The molecule has 1 aromatic rings. The van der Waals surface area contributed by atoms with E-state index < -0.39 is 0 Å². The van der Waals surface area contributed by atoms with Gasteiger partial charge in [0, 0.05) is 11.1 Å². The van der Waals surface area contributed by atoms with Crippen LogP contribution >= 0.6 is 11.6 Å². The summed E-state index contributed by atoms with van der Waals surface area (Å²) >= 11 is 6.48. The van der Waals surface area contributed by atoms with Crippen LogP contribution in [-0.4, -0.2) is 7.05 Å². The summed E-state index contributed by atoms with van der Waals surface area (Å²) in [6, 6.07) is 4.73. The van der Waals surface area contributed by atoms with Gasteiger partial charge >= 0.3 is 0 Å². The van der Waals surface area contributed by atoms with E-state index in [0.29, 0.717) is 12.0 Å². The molecule has 0 aliphatic rings. The zero-order chi connectivity index (χ0) is 14.4. The topological polar surface area (TPSA) is 12.0 Å². The number of nitrogens with one attached hydrogen (secondary N) is 1. The standard InChI is InChI=1S/C17H28ClN/c1-6-8-14(9-7-2)17(19-5)15-10-12(3)13(4)11-16(15)18/h10-11,14,17,19H,6-9H2,1-5H3. The second-order valence-corrected chi connectivity index (χ2v) is 5.97. The fourth-order valence-corrected chi connectivity index (χ4v) is 3.24. The molecule has 0 amide bonds. The Kier molecular flexibility index (Phi) is 6.88. The predicted molar refractivity (Wildman–Crippen MR) is 86.0 cm³/mol.